The summed E-state index contributed by atoms with van der Waals surface area (Å²) < 4.78 is 1.51. The predicted molar refractivity (Wildman–Crippen MR) is 33.8 cm³/mol. The molecule has 5 heteroatoms. The van der Waals surface area contributed by atoms with Gasteiger partial charge in [-0.1, -0.05) is 0 Å². The first-order valence-corrected chi connectivity index (χ1v) is 2.61. The largest absolute Gasteiger partial charge is 1.00 e. The number of hydrogen-bond acceptors (Lipinski definition) is 3. The van der Waals surface area contributed by atoms with E-state index in [1.807, 2.05) is 12.1 Å². The monoisotopic (exact) mass is 140 g/mol. The second-order valence-corrected chi connectivity index (χ2v) is 1.78. The van der Waals surface area contributed by atoms with E-state index in [4.69, 9.17) is 10.5 Å². The van der Waals surface area contributed by atoms with Crippen molar-refractivity contribution in [3.63, 3.8) is 0 Å². The van der Waals surface area contributed by atoms with E-state index >= 15 is 0 Å². The molecule has 0 saturated carbocycles. The maximum atomic E-state index is 8.46. The van der Waals surface area contributed by atoms with Crippen LogP contribution < -0.4 is 18.9 Å². The van der Waals surface area contributed by atoms with Gasteiger partial charge in [0.2, 0.25) is 0 Å². The van der Waals surface area contributed by atoms with Crippen LogP contribution in [0.3, 0.4) is 0 Å². The number of imidazole rings is 1. The summed E-state index contributed by atoms with van der Waals surface area (Å²) in [7, 11) is 1.67. The van der Waals surface area contributed by atoms with E-state index in [0.29, 0.717) is 5.69 Å². The summed E-state index contributed by atoms with van der Waals surface area (Å²) >= 11 is 0. The van der Waals surface area contributed by atoms with Gasteiger partial charge >= 0.3 is 18.9 Å². The zero-order valence-electron chi connectivity index (χ0n) is 7.37. The molecule has 0 N–H and O–H groups in total. The Balaban J connectivity index is 0. The number of nitriles is 2. The first kappa shape index (κ1) is 9.79. The van der Waals surface area contributed by atoms with Crippen LogP contribution in [0.15, 0.2) is 6.33 Å². The summed E-state index contributed by atoms with van der Waals surface area (Å²) in [4.78, 5) is 3.68. The van der Waals surface area contributed by atoms with Crippen LogP contribution in [-0.4, -0.2) is 9.55 Å². The molecule has 0 bridgehead atoms. The maximum Gasteiger partial charge on any atom is 1.00 e. The molecule has 4 nitrogen and oxygen atoms in total. The number of aromatic nitrogens is 2. The number of hydrogen-bond donors (Lipinski definition) is 0. The molecule has 0 saturated heterocycles. The average molecular weight is 140 g/mol. The molecule has 0 radical (unpaired) electrons. The van der Waals surface area contributed by atoms with Gasteiger partial charge in [0.25, 0.3) is 0 Å². The topological polar surface area (TPSA) is 65.4 Å². The second kappa shape index (κ2) is 3.84. The molecule has 0 atom stereocenters. The third-order valence-corrected chi connectivity index (χ3v) is 1.15. The Morgan fingerprint density at radius 1 is 1.55 bits per heavy atom. The van der Waals surface area contributed by atoms with Crippen LogP contribution in [0.1, 0.15) is 12.8 Å². The molecule has 1 rings (SSSR count). The Kier molecular flexibility index (Phi) is 3.41. The molecule has 0 spiro atoms. The zero-order valence-corrected chi connectivity index (χ0v) is 6.37. The van der Waals surface area contributed by atoms with Gasteiger partial charge in [0, 0.05) is 7.05 Å². The van der Waals surface area contributed by atoms with E-state index < -0.39 is 0 Å². The van der Waals surface area contributed by atoms with E-state index in [1.165, 1.54) is 10.9 Å². The molecule has 1 heterocycles. The van der Waals surface area contributed by atoms with Crippen molar-refractivity contribution >= 4 is 0 Å². The van der Waals surface area contributed by atoms with Crippen molar-refractivity contribution in [3.05, 3.63) is 17.7 Å². The molecular weight excluding hydrogens is 135 g/mol. The molecule has 1 aromatic heterocycles. The summed E-state index contributed by atoms with van der Waals surface area (Å²) in [5, 5.41) is 16.8. The molecule has 50 valence electrons. The van der Waals surface area contributed by atoms with E-state index in [1.54, 1.807) is 7.05 Å². The smallest absolute Gasteiger partial charge is 1.00 e. The van der Waals surface area contributed by atoms with Crippen molar-refractivity contribution in [2.75, 3.05) is 0 Å². The van der Waals surface area contributed by atoms with Gasteiger partial charge in [0.05, 0.1) is 6.33 Å². The van der Waals surface area contributed by atoms with Crippen LogP contribution >= 0.6 is 0 Å². The number of rotatable bonds is 0. The normalized spacial score (nSPS) is 7.55. The third kappa shape index (κ3) is 1.62. The van der Waals surface area contributed by atoms with Crippen LogP contribution in [0, 0.1) is 22.7 Å². The van der Waals surface area contributed by atoms with Crippen molar-refractivity contribution in [1.82, 2.24) is 9.55 Å². The predicted octanol–water partition coefficient (Wildman–Crippen LogP) is -2.72. The van der Waals surface area contributed by atoms with Crippen molar-refractivity contribution in [2.45, 2.75) is 0 Å². The Labute approximate surface area is 77.7 Å². The molecule has 0 aliphatic heterocycles. The number of aryl methyl sites for hydroxylation is 1. The van der Waals surface area contributed by atoms with Gasteiger partial charge in [0.15, 0.2) is 11.4 Å². The Bertz CT molecular complexity index is 332. The van der Waals surface area contributed by atoms with Crippen molar-refractivity contribution in [2.24, 2.45) is 7.05 Å². The second-order valence-electron chi connectivity index (χ2n) is 1.78. The first-order valence-electron chi connectivity index (χ1n) is 2.61. The molecule has 11 heavy (non-hydrogen) atoms. The van der Waals surface area contributed by atoms with Crippen LogP contribution in [0.5, 0.6) is 0 Å². The standard InChI is InChI=1S/C6H4N4.Li.H/c1-10-4-9-5(2-7)6(10)3-8;;/h4H,1H3;;/q;+1;-1. The zero-order chi connectivity index (χ0) is 7.56. The summed E-state index contributed by atoms with van der Waals surface area (Å²) in [5.41, 5.74) is 0.493. The summed E-state index contributed by atoms with van der Waals surface area (Å²) in [6.45, 7) is 0. The third-order valence-electron chi connectivity index (χ3n) is 1.15. The minimum atomic E-state index is 0. The molecule has 0 aromatic carbocycles. The van der Waals surface area contributed by atoms with Gasteiger partial charge in [-0.25, -0.2) is 4.98 Å². The van der Waals surface area contributed by atoms with Gasteiger partial charge in [-0.05, 0) is 0 Å². The van der Waals surface area contributed by atoms with Crippen LogP contribution in [0.4, 0.5) is 0 Å². The summed E-state index contributed by atoms with van der Waals surface area (Å²) in [5.74, 6) is 0. The van der Waals surface area contributed by atoms with Crippen LogP contribution in [-0.2, 0) is 7.05 Å². The molecule has 0 fully saturated rings. The minimum Gasteiger partial charge on any atom is -1.00 e. The number of nitrogens with zero attached hydrogens (tertiary/aromatic N) is 4. The fourth-order valence-corrected chi connectivity index (χ4v) is 0.644. The van der Waals surface area contributed by atoms with Crippen LogP contribution in [0.25, 0.3) is 0 Å². The van der Waals surface area contributed by atoms with Gasteiger partial charge < -0.3 is 5.99 Å². The SMILES string of the molecule is Cn1cnc(C#N)c1C#N.[H-].[Li+]. The molecule has 0 unspecified atom stereocenters. The van der Waals surface area contributed by atoms with Crippen LogP contribution in [0.2, 0.25) is 0 Å². The van der Waals surface area contributed by atoms with Gasteiger partial charge in [-0.3, -0.25) is 0 Å². The molecule has 1 aromatic rings. The van der Waals surface area contributed by atoms with Crippen molar-refractivity contribution < 1.29 is 20.3 Å². The fraction of sp³-hybridized carbons (Fsp3) is 0.167. The van der Waals surface area contributed by atoms with Gasteiger partial charge in [-0.2, -0.15) is 10.5 Å². The quantitative estimate of drug-likeness (QED) is 0.368. The van der Waals surface area contributed by atoms with E-state index in [9.17, 15) is 0 Å². The maximum absolute atomic E-state index is 8.46. The van der Waals surface area contributed by atoms with Crippen molar-refractivity contribution in [1.29, 1.82) is 10.5 Å². The Morgan fingerprint density at radius 2 is 2.18 bits per heavy atom. The molecule has 0 amide bonds. The summed E-state index contributed by atoms with van der Waals surface area (Å²) in [6.07, 6.45) is 1.44. The molecular formula is C6H5LiN4. The van der Waals surface area contributed by atoms with E-state index in [-0.39, 0.29) is 26.0 Å². The first-order chi connectivity index (χ1) is 4.79. The van der Waals surface area contributed by atoms with Crippen molar-refractivity contribution in [3.8, 4) is 12.1 Å². The van der Waals surface area contributed by atoms with Gasteiger partial charge in [0.1, 0.15) is 12.1 Å². The Morgan fingerprint density at radius 3 is 2.55 bits per heavy atom. The fourth-order valence-electron chi connectivity index (χ4n) is 0.644. The minimum absolute atomic E-state index is 0. The van der Waals surface area contributed by atoms with E-state index in [2.05, 4.69) is 4.98 Å². The molecule has 0 aliphatic carbocycles. The molecule has 0 aliphatic rings. The Hall–Kier alpha value is -1.21. The van der Waals surface area contributed by atoms with Gasteiger partial charge in [-0.15, -0.1) is 0 Å². The average Bonchev–Trinajstić information content (AvgIpc) is 2.30. The van der Waals surface area contributed by atoms with E-state index in [0.717, 1.165) is 0 Å². The summed E-state index contributed by atoms with van der Waals surface area (Å²) in [6, 6.07) is 3.69.